The summed E-state index contributed by atoms with van der Waals surface area (Å²) in [6.07, 6.45) is 2.81. The summed E-state index contributed by atoms with van der Waals surface area (Å²) < 4.78 is 27.2. The van der Waals surface area contributed by atoms with Crippen LogP contribution in [0.2, 0.25) is 5.02 Å². The number of unbranched alkanes of at least 4 members (excludes halogenated alkanes) is 1. The largest absolute Gasteiger partial charge is 0.320 e. The second kappa shape index (κ2) is 8.40. The Morgan fingerprint density at radius 2 is 2.14 bits per heavy atom. The summed E-state index contributed by atoms with van der Waals surface area (Å²) >= 11 is 6.06. The van der Waals surface area contributed by atoms with E-state index in [4.69, 9.17) is 17.3 Å². The highest BCUT2D eigenvalue weighted by atomic mass is 35.5. The first-order valence-electron chi connectivity index (χ1n) is 6.91. The van der Waals surface area contributed by atoms with Gasteiger partial charge in [0.25, 0.3) is 0 Å². The molecule has 1 unspecified atom stereocenters. The van der Waals surface area contributed by atoms with Gasteiger partial charge in [-0.3, -0.25) is 0 Å². The lowest BCUT2D eigenvalue weighted by Crippen LogP contribution is -2.32. The van der Waals surface area contributed by atoms with Gasteiger partial charge >= 0.3 is 0 Å². The summed E-state index contributed by atoms with van der Waals surface area (Å²) in [7, 11) is -3.61. The molecule has 0 aliphatic heterocycles. The maximum absolute atomic E-state index is 12.3. The summed E-state index contributed by atoms with van der Waals surface area (Å²) in [5.74, 6) is 5.52. The Hall–Kier alpha value is -1.06. The third kappa shape index (κ3) is 5.68. The highest BCUT2D eigenvalue weighted by Gasteiger charge is 2.20. The first-order chi connectivity index (χ1) is 9.90. The van der Waals surface area contributed by atoms with E-state index >= 15 is 0 Å². The zero-order valence-electron chi connectivity index (χ0n) is 12.3. The summed E-state index contributed by atoms with van der Waals surface area (Å²) in [5, 5.41) is 0.161. The minimum absolute atomic E-state index is 0.0748. The predicted molar refractivity (Wildman–Crippen MR) is 86.7 cm³/mol. The van der Waals surface area contributed by atoms with Gasteiger partial charge in [0, 0.05) is 11.6 Å². The number of rotatable bonds is 6. The molecule has 0 bridgehead atoms. The molecule has 6 heteroatoms. The van der Waals surface area contributed by atoms with Crippen LogP contribution in [-0.2, 0) is 10.0 Å². The van der Waals surface area contributed by atoms with Crippen molar-refractivity contribution < 1.29 is 8.42 Å². The van der Waals surface area contributed by atoms with Gasteiger partial charge in [0.2, 0.25) is 10.0 Å². The van der Waals surface area contributed by atoms with Crippen LogP contribution in [0, 0.1) is 11.8 Å². The van der Waals surface area contributed by atoms with Crippen molar-refractivity contribution in [3.63, 3.8) is 0 Å². The Morgan fingerprint density at radius 1 is 1.43 bits per heavy atom. The Morgan fingerprint density at radius 3 is 2.71 bits per heavy atom. The van der Waals surface area contributed by atoms with E-state index in [-0.39, 0.29) is 22.5 Å². The van der Waals surface area contributed by atoms with Crippen molar-refractivity contribution in [3.05, 3.63) is 28.8 Å². The van der Waals surface area contributed by atoms with E-state index < -0.39 is 10.0 Å². The molecule has 0 saturated carbocycles. The van der Waals surface area contributed by atoms with Crippen molar-refractivity contribution in [2.45, 2.75) is 44.0 Å². The van der Waals surface area contributed by atoms with Crippen molar-refractivity contribution in [2.75, 3.05) is 6.54 Å². The van der Waals surface area contributed by atoms with Crippen LogP contribution in [0.5, 0.6) is 0 Å². The van der Waals surface area contributed by atoms with Gasteiger partial charge < -0.3 is 5.73 Å². The lowest BCUT2D eigenvalue weighted by atomic mass is 10.2. The van der Waals surface area contributed by atoms with E-state index in [1.54, 1.807) is 6.07 Å². The monoisotopic (exact) mass is 328 g/mol. The molecule has 116 valence electrons. The highest BCUT2D eigenvalue weighted by Crippen LogP contribution is 2.23. The molecular weight excluding hydrogens is 308 g/mol. The zero-order chi connectivity index (χ0) is 15.9. The van der Waals surface area contributed by atoms with Gasteiger partial charge in [-0.25, -0.2) is 13.1 Å². The van der Waals surface area contributed by atoms with Crippen LogP contribution >= 0.6 is 11.6 Å². The molecule has 0 saturated heterocycles. The average molecular weight is 329 g/mol. The van der Waals surface area contributed by atoms with Crippen LogP contribution in [0.15, 0.2) is 23.1 Å². The number of hydrogen-bond donors (Lipinski definition) is 2. The third-order valence-electron chi connectivity index (χ3n) is 2.90. The number of halogens is 1. The van der Waals surface area contributed by atoms with Gasteiger partial charge in [0.05, 0.1) is 11.6 Å². The lowest BCUT2D eigenvalue weighted by molar-refractivity contribution is 0.534. The topological polar surface area (TPSA) is 72.2 Å². The first-order valence-corrected chi connectivity index (χ1v) is 8.77. The fourth-order valence-corrected chi connectivity index (χ4v) is 3.67. The maximum atomic E-state index is 12.3. The van der Waals surface area contributed by atoms with Crippen molar-refractivity contribution in [2.24, 2.45) is 5.73 Å². The molecule has 0 aromatic heterocycles. The minimum Gasteiger partial charge on any atom is -0.320 e. The second-order valence-corrected chi connectivity index (χ2v) is 6.91. The summed E-state index contributed by atoms with van der Waals surface area (Å²) in [6, 6.07) is 4.51. The van der Waals surface area contributed by atoms with Crippen LogP contribution in [0.3, 0.4) is 0 Å². The lowest BCUT2D eigenvalue weighted by Gasteiger charge is -2.14. The van der Waals surface area contributed by atoms with Crippen LogP contribution in [-0.4, -0.2) is 21.0 Å². The van der Waals surface area contributed by atoms with E-state index in [2.05, 4.69) is 23.5 Å². The van der Waals surface area contributed by atoms with Gasteiger partial charge in [-0.15, -0.1) is 0 Å². The van der Waals surface area contributed by atoms with Gasteiger partial charge in [0.15, 0.2) is 0 Å². The molecule has 0 fully saturated rings. The summed E-state index contributed by atoms with van der Waals surface area (Å²) in [5.41, 5.74) is 5.94. The molecule has 0 spiro atoms. The molecule has 0 radical (unpaired) electrons. The molecule has 21 heavy (non-hydrogen) atoms. The quantitative estimate of drug-likeness (QED) is 0.788. The molecular formula is C15H21ClN2O2S. The van der Waals surface area contributed by atoms with Crippen molar-refractivity contribution in [1.29, 1.82) is 0 Å². The molecule has 3 N–H and O–H groups in total. The molecule has 1 atom stereocenters. The Kier molecular flexibility index (Phi) is 7.20. The third-order valence-corrected chi connectivity index (χ3v) is 4.98. The molecule has 1 rings (SSSR count). The number of nitrogens with two attached hydrogens (primary N) is 1. The van der Waals surface area contributed by atoms with E-state index in [0.717, 1.165) is 19.3 Å². The standard InChI is InChI=1S/C15H21ClN2O2S/c1-3-4-6-12(2)18-21(19,20)15-9-8-13(7-5-10-17)11-14(15)16/h8-9,11-12,18H,3-4,6,10,17H2,1-2H3. The number of sulfonamides is 1. The molecule has 0 amide bonds. The van der Waals surface area contributed by atoms with Gasteiger partial charge in [0.1, 0.15) is 4.90 Å². The normalized spacial score (nSPS) is 12.6. The maximum Gasteiger partial charge on any atom is 0.242 e. The van der Waals surface area contributed by atoms with Gasteiger partial charge in [-0.1, -0.05) is 43.2 Å². The fraction of sp³-hybridized carbons (Fsp3) is 0.467. The van der Waals surface area contributed by atoms with E-state index in [1.807, 2.05) is 6.92 Å². The van der Waals surface area contributed by atoms with Crippen molar-refractivity contribution in [1.82, 2.24) is 4.72 Å². The van der Waals surface area contributed by atoms with Crippen LogP contribution in [0.25, 0.3) is 0 Å². The molecule has 1 aromatic rings. The minimum atomic E-state index is -3.61. The Balaban J connectivity index is 2.93. The molecule has 1 aromatic carbocycles. The van der Waals surface area contributed by atoms with E-state index in [1.165, 1.54) is 12.1 Å². The average Bonchev–Trinajstić information content (AvgIpc) is 2.42. The second-order valence-electron chi connectivity index (χ2n) is 4.82. The van der Waals surface area contributed by atoms with Gasteiger partial charge in [-0.05, 0) is 31.5 Å². The smallest absolute Gasteiger partial charge is 0.242 e. The van der Waals surface area contributed by atoms with Crippen molar-refractivity contribution in [3.8, 4) is 11.8 Å². The van der Waals surface area contributed by atoms with Gasteiger partial charge in [-0.2, -0.15) is 0 Å². The SMILES string of the molecule is CCCCC(C)NS(=O)(=O)c1ccc(C#CCN)cc1Cl. The van der Waals surface area contributed by atoms with E-state index in [9.17, 15) is 8.42 Å². The zero-order valence-corrected chi connectivity index (χ0v) is 13.9. The first kappa shape index (κ1) is 18.0. The molecule has 0 aliphatic carbocycles. The van der Waals surface area contributed by atoms with Crippen LogP contribution in [0.1, 0.15) is 38.7 Å². The number of benzene rings is 1. The molecule has 4 nitrogen and oxygen atoms in total. The highest BCUT2D eigenvalue weighted by molar-refractivity contribution is 7.89. The summed E-state index contributed by atoms with van der Waals surface area (Å²) in [6.45, 7) is 4.16. The Labute approximate surface area is 132 Å². The van der Waals surface area contributed by atoms with Crippen LogP contribution < -0.4 is 10.5 Å². The fourth-order valence-electron chi connectivity index (χ4n) is 1.85. The predicted octanol–water partition coefficient (Wildman–Crippen LogP) is 2.51. The molecule has 0 heterocycles. The molecule has 0 aliphatic rings. The van der Waals surface area contributed by atoms with Crippen LogP contribution in [0.4, 0.5) is 0 Å². The van der Waals surface area contributed by atoms with Crippen molar-refractivity contribution >= 4 is 21.6 Å². The Bertz CT molecular complexity index is 633. The number of nitrogens with one attached hydrogen (secondary N) is 1. The summed E-state index contributed by atoms with van der Waals surface area (Å²) in [4.78, 5) is 0.0748. The van der Waals surface area contributed by atoms with E-state index in [0.29, 0.717) is 5.56 Å². The number of hydrogen-bond acceptors (Lipinski definition) is 3.